The number of alkyl halides is 3. The van der Waals surface area contributed by atoms with Crippen LogP contribution in [0, 0.1) is 5.92 Å². The fourth-order valence-corrected chi connectivity index (χ4v) is 2.53. The molecule has 8 heteroatoms. The molecule has 1 fully saturated rings. The fourth-order valence-electron chi connectivity index (χ4n) is 2.53. The first-order chi connectivity index (χ1) is 10.2. The van der Waals surface area contributed by atoms with Crippen LogP contribution < -0.4 is 11.5 Å². The van der Waals surface area contributed by atoms with E-state index in [9.17, 15) is 22.8 Å². The van der Waals surface area contributed by atoms with Crippen LogP contribution in [0.4, 0.5) is 18.9 Å². The quantitative estimate of drug-likeness (QED) is 0.815. The number of carbonyl (C=O) groups is 2. The number of nitrogens with two attached hydrogens (primary N) is 2. The molecule has 1 unspecified atom stereocenters. The first kappa shape index (κ1) is 16.1. The zero-order valence-corrected chi connectivity index (χ0v) is 11.7. The van der Waals surface area contributed by atoms with Crippen molar-refractivity contribution in [2.45, 2.75) is 19.0 Å². The molecule has 2 amide bonds. The molecule has 5 nitrogen and oxygen atoms in total. The summed E-state index contributed by atoms with van der Waals surface area (Å²) < 4.78 is 38.4. The number of benzene rings is 1. The highest BCUT2D eigenvalue weighted by Gasteiger charge is 2.42. The van der Waals surface area contributed by atoms with Gasteiger partial charge in [-0.2, -0.15) is 13.2 Å². The molecule has 0 spiro atoms. The van der Waals surface area contributed by atoms with Crippen LogP contribution in [0.2, 0.25) is 0 Å². The minimum Gasteiger partial charge on any atom is -0.399 e. The van der Waals surface area contributed by atoms with Gasteiger partial charge in [-0.05, 0) is 31.0 Å². The van der Waals surface area contributed by atoms with E-state index in [2.05, 4.69) is 0 Å². The lowest BCUT2D eigenvalue weighted by molar-refractivity contribution is -0.184. The van der Waals surface area contributed by atoms with E-state index in [1.54, 1.807) is 0 Å². The number of halogens is 3. The Labute approximate surface area is 125 Å². The molecule has 1 heterocycles. The third kappa shape index (κ3) is 3.49. The van der Waals surface area contributed by atoms with E-state index >= 15 is 0 Å². The van der Waals surface area contributed by atoms with E-state index in [1.165, 1.54) is 18.2 Å². The average molecular weight is 315 g/mol. The molecular formula is C14H16F3N3O2. The standard InChI is InChI=1S/C14H16F3N3O2/c15-14(16,17)10-2-1-3-20(7-10)13(22)9-4-8(12(19)21)5-11(18)6-9/h4-6,10H,1-3,7,18H2,(H2,19,21). The molecular weight excluding hydrogens is 299 g/mol. The minimum absolute atomic E-state index is 0.0107. The largest absolute Gasteiger partial charge is 0.399 e. The van der Waals surface area contributed by atoms with Gasteiger partial charge in [0.15, 0.2) is 0 Å². The molecule has 2 rings (SSSR count). The molecule has 4 N–H and O–H groups in total. The monoisotopic (exact) mass is 315 g/mol. The van der Waals surface area contributed by atoms with Gasteiger partial charge < -0.3 is 16.4 Å². The van der Waals surface area contributed by atoms with Crippen LogP contribution in [0.15, 0.2) is 18.2 Å². The zero-order valence-electron chi connectivity index (χ0n) is 11.7. The van der Waals surface area contributed by atoms with Crippen molar-refractivity contribution in [1.82, 2.24) is 4.90 Å². The smallest absolute Gasteiger partial charge is 0.393 e. The topological polar surface area (TPSA) is 89.4 Å². The number of piperidine rings is 1. The van der Waals surface area contributed by atoms with Crippen LogP contribution in [0.5, 0.6) is 0 Å². The normalized spacial score (nSPS) is 19.0. The van der Waals surface area contributed by atoms with Gasteiger partial charge in [0, 0.05) is 29.9 Å². The molecule has 0 radical (unpaired) electrons. The van der Waals surface area contributed by atoms with Crippen molar-refractivity contribution in [3.63, 3.8) is 0 Å². The number of likely N-dealkylation sites (tertiary alicyclic amines) is 1. The molecule has 0 saturated carbocycles. The third-order valence-electron chi connectivity index (χ3n) is 3.66. The summed E-state index contributed by atoms with van der Waals surface area (Å²) in [6.45, 7) is -0.144. The van der Waals surface area contributed by atoms with Crippen molar-refractivity contribution in [2.75, 3.05) is 18.8 Å². The Morgan fingerprint density at radius 3 is 2.41 bits per heavy atom. The number of rotatable bonds is 2. The summed E-state index contributed by atoms with van der Waals surface area (Å²) in [7, 11) is 0. The van der Waals surface area contributed by atoms with Gasteiger partial charge in [0.05, 0.1) is 5.92 Å². The van der Waals surface area contributed by atoms with E-state index in [1.807, 2.05) is 0 Å². The van der Waals surface area contributed by atoms with Crippen molar-refractivity contribution in [3.8, 4) is 0 Å². The summed E-state index contributed by atoms with van der Waals surface area (Å²) in [6.07, 6.45) is -4.04. The summed E-state index contributed by atoms with van der Waals surface area (Å²) in [5.41, 5.74) is 11.0. The lowest BCUT2D eigenvalue weighted by atomic mass is 9.96. The number of primary amides is 1. The van der Waals surface area contributed by atoms with Gasteiger partial charge in [-0.3, -0.25) is 9.59 Å². The van der Waals surface area contributed by atoms with Gasteiger partial charge in [0.2, 0.25) is 5.91 Å². The maximum absolute atomic E-state index is 12.8. The minimum atomic E-state index is -4.33. The number of nitrogen functional groups attached to an aromatic ring is 1. The van der Waals surface area contributed by atoms with Gasteiger partial charge in [-0.25, -0.2) is 0 Å². The summed E-state index contributed by atoms with van der Waals surface area (Å²) in [6, 6.07) is 3.89. The SMILES string of the molecule is NC(=O)c1cc(N)cc(C(=O)N2CCCC(C(F)(F)F)C2)c1. The van der Waals surface area contributed by atoms with Crippen molar-refractivity contribution in [1.29, 1.82) is 0 Å². The number of amides is 2. The second-order valence-corrected chi connectivity index (χ2v) is 5.34. The number of hydrogen-bond acceptors (Lipinski definition) is 3. The third-order valence-corrected chi connectivity index (χ3v) is 3.66. The zero-order chi connectivity index (χ0) is 16.5. The Balaban J connectivity index is 2.22. The Morgan fingerprint density at radius 1 is 1.18 bits per heavy atom. The Morgan fingerprint density at radius 2 is 1.82 bits per heavy atom. The van der Waals surface area contributed by atoms with Crippen LogP contribution in [-0.2, 0) is 0 Å². The van der Waals surface area contributed by atoms with E-state index in [0.717, 1.165) is 4.90 Å². The van der Waals surface area contributed by atoms with Crippen LogP contribution in [0.25, 0.3) is 0 Å². The van der Waals surface area contributed by atoms with Crippen LogP contribution in [0.3, 0.4) is 0 Å². The molecule has 1 saturated heterocycles. The Bertz CT molecular complexity index is 601. The molecule has 1 aliphatic heterocycles. The van der Waals surface area contributed by atoms with Gasteiger partial charge in [-0.1, -0.05) is 0 Å². The van der Waals surface area contributed by atoms with Crippen LogP contribution in [0.1, 0.15) is 33.6 Å². The summed E-state index contributed by atoms with van der Waals surface area (Å²) in [4.78, 5) is 24.7. The second kappa shape index (κ2) is 5.86. The second-order valence-electron chi connectivity index (χ2n) is 5.34. The van der Waals surface area contributed by atoms with E-state index in [0.29, 0.717) is 0 Å². The summed E-state index contributed by atoms with van der Waals surface area (Å²) in [5.74, 6) is -2.86. The maximum atomic E-state index is 12.8. The predicted molar refractivity (Wildman–Crippen MR) is 74.1 cm³/mol. The van der Waals surface area contributed by atoms with Gasteiger partial charge >= 0.3 is 6.18 Å². The van der Waals surface area contributed by atoms with Gasteiger partial charge in [0.1, 0.15) is 0 Å². The molecule has 0 bridgehead atoms. The van der Waals surface area contributed by atoms with Crippen molar-refractivity contribution in [3.05, 3.63) is 29.3 Å². The number of hydrogen-bond donors (Lipinski definition) is 2. The van der Waals surface area contributed by atoms with E-state index in [4.69, 9.17) is 11.5 Å². The first-order valence-corrected chi connectivity index (χ1v) is 6.75. The molecule has 1 aromatic rings. The maximum Gasteiger partial charge on any atom is 0.393 e. The lowest BCUT2D eigenvalue weighted by Gasteiger charge is -2.33. The molecule has 1 atom stereocenters. The van der Waals surface area contributed by atoms with Crippen LogP contribution in [-0.4, -0.2) is 36.0 Å². The van der Waals surface area contributed by atoms with Crippen molar-refractivity contribution >= 4 is 17.5 Å². The number of anilines is 1. The van der Waals surface area contributed by atoms with E-state index < -0.39 is 23.9 Å². The summed E-state index contributed by atoms with van der Waals surface area (Å²) >= 11 is 0. The first-order valence-electron chi connectivity index (χ1n) is 6.75. The van der Waals surface area contributed by atoms with Crippen molar-refractivity contribution < 1.29 is 22.8 Å². The highest BCUT2D eigenvalue weighted by molar-refractivity contribution is 6.00. The molecule has 1 aliphatic rings. The summed E-state index contributed by atoms with van der Waals surface area (Å²) in [5, 5.41) is 0. The molecule has 1 aromatic carbocycles. The predicted octanol–water partition coefficient (Wildman–Crippen LogP) is 1.78. The van der Waals surface area contributed by atoms with Crippen LogP contribution >= 0.6 is 0 Å². The lowest BCUT2D eigenvalue weighted by Crippen LogP contribution is -2.44. The Kier molecular flexibility index (Phi) is 4.30. The highest BCUT2D eigenvalue weighted by Crippen LogP contribution is 2.33. The molecule has 0 aromatic heterocycles. The highest BCUT2D eigenvalue weighted by atomic mass is 19.4. The van der Waals surface area contributed by atoms with Gasteiger partial charge in [-0.15, -0.1) is 0 Å². The van der Waals surface area contributed by atoms with Crippen molar-refractivity contribution in [2.24, 2.45) is 11.7 Å². The number of carbonyl (C=O) groups excluding carboxylic acids is 2. The molecule has 120 valence electrons. The van der Waals surface area contributed by atoms with Gasteiger partial charge in [0.25, 0.3) is 5.91 Å². The Hall–Kier alpha value is -2.25. The fraction of sp³-hybridized carbons (Fsp3) is 0.429. The molecule has 22 heavy (non-hydrogen) atoms. The molecule has 0 aliphatic carbocycles. The average Bonchev–Trinajstić information content (AvgIpc) is 2.45. The van der Waals surface area contributed by atoms with E-state index in [-0.39, 0.29) is 42.7 Å². The number of nitrogens with zero attached hydrogens (tertiary/aromatic N) is 1.